The lowest BCUT2D eigenvalue weighted by atomic mass is 10.2. The number of ether oxygens (including phenoxy) is 1. The predicted octanol–water partition coefficient (Wildman–Crippen LogP) is 5.72. The van der Waals surface area contributed by atoms with Crippen molar-refractivity contribution in [1.29, 1.82) is 5.26 Å². The third kappa shape index (κ3) is 3.96. The summed E-state index contributed by atoms with van der Waals surface area (Å²) in [5, 5.41) is 10.6. The number of rotatable bonds is 5. The topological polar surface area (TPSA) is 50.8 Å². The van der Waals surface area contributed by atoms with Gasteiger partial charge in [0.1, 0.15) is 12.4 Å². The molecule has 2 aromatic carbocycles. The molecular formula is C21H19Cl2N3O. The van der Waals surface area contributed by atoms with Gasteiger partial charge in [0.15, 0.2) is 0 Å². The summed E-state index contributed by atoms with van der Waals surface area (Å²) in [5.41, 5.74) is 3.25. The maximum Gasteiger partial charge on any atom is 0.136 e. The highest BCUT2D eigenvalue weighted by Crippen LogP contribution is 2.27. The molecule has 0 N–H and O–H groups in total. The van der Waals surface area contributed by atoms with Crippen molar-refractivity contribution in [2.45, 2.75) is 44.9 Å². The summed E-state index contributed by atoms with van der Waals surface area (Å²) < 4.78 is 8.17. The van der Waals surface area contributed by atoms with Crippen LogP contribution in [-0.4, -0.2) is 15.7 Å². The minimum Gasteiger partial charge on any atom is -0.370 e. The van der Waals surface area contributed by atoms with Gasteiger partial charge in [-0.25, -0.2) is 4.98 Å². The Labute approximate surface area is 168 Å². The van der Waals surface area contributed by atoms with E-state index in [0.29, 0.717) is 34.9 Å². The van der Waals surface area contributed by atoms with Crippen molar-refractivity contribution in [1.82, 2.24) is 9.55 Å². The number of nitrogens with zero attached hydrogens (tertiary/aromatic N) is 3. The van der Waals surface area contributed by atoms with Gasteiger partial charge in [-0.1, -0.05) is 36.0 Å². The summed E-state index contributed by atoms with van der Waals surface area (Å²) in [4.78, 5) is 4.75. The van der Waals surface area contributed by atoms with E-state index in [2.05, 4.69) is 10.6 Å². The molecule has 0 unspecified atom stereocenters. The third-order valence-corrected chi connectivity index (χ3v) is 5.65. The Morgan fingerprint density at radius 2 is 1.96 bits per heavy atom. The van der Waals surface area contributed by atoms with Gasteiger partial charge in [-0.05, 0) is 54.8 Å². The standard InChI is InChI=1S/C21H19Cl2N3O/c22-16-6-7-18(23)15(10-16)12-26-20-9-14(11-24)5-8-19(20)25-21(26)13-27-17-3-1-2-4-17/h5-10,17H,1-4,12-13H2. The van der Waals surface area contributed by atoms with Crippen LogP contribution in [0.3, 0.4) is 0 Å². The van der Waals surface area contributed by atoms with Crippen LogP contribution in [0.2, 0.25) is 10.0 Å². The predicted molar refractivity (Wildman–Crippen MR) is 107 cm³/mol. The van der Waals surface area contributed by atoms with Crippen LogP contribution in [0, 0.1) is 11.3 Å². The summed E-state index contributed by atoms with van der Waals surface area (Å²) >= 11 is 12.5. The van der Waals surface area contributed by atoms with Crippen LogP contribution in [0.4, 0.5) is 0 Å². The zero-order valence-corrected chi connectivity index (χ0v) is 16.3. The summed E-state index contributed by atoms with van der Waals surface area (Å²) in [6.45, 7) is 0.966. The van der Waals surface area contributed by atoms with Crippen molar-refractivity contribution in [3.8, 4) is 6.07 Å². The van der Waals surface area contributed by atoms with E-state index in [4.69, 9.17) is 32.9 Å². The van der Waals surface area contributed by atoms with Gasteiger partial charge in [0.05, 0.1) is 35.3 Å². The fraction of sp³-hybridized carbons (Fsp3) is 0.333. The Bertz CT molecular complexity index is 1020. The van der Waals surface area contributed by atoms with Crippen LogP contribution in [0.15, 0.2) is 36.4 Å². The molecule has 0 radical (unpaired) electrons. The van der Waals surface area contributed by atoms with E-state index in [1.165, 1.54) is 12.8 Å². The van der Waals surface area contributed by atoms with E-state index in [1.807, 2.05) is 18.2 Å². The first-order valence-corrected chi connectivity index (χ1v) is 9.84. The highest BCUT2D eigenvalue weighted by Gasteiger charge is 2.18. The average molecular weight is 400 g/mol. The Kier molecular flexibility index (Phi) is 5.36. The first kappa shape index (κ1) is 18.3. The van der Waals surface area contributed by atoms with E-state index in [0.717, 1.165) is 35.3 Å². The normalized spacial score (nSPS) is 14.7. The molecule has 0 bridgehead atoms. The van der Waals surface area contributed by atoms with Crippen LogP contribution in [0.1, 0.15) is 42.6 Å². The number of fused-ring (bicyclic) bond motifs is 1. The molecule has 0 amide bonds. The summed E-state index contributed by atoms with van der Waals surface area (Å²) in [5.74, 6) is 0.836. The van der Waals surface area contributed by atoms with E-state index in [1.54, 1.807) is 18.2 Å². The van der Waals surface area contributed by atoms with Crippen LogP contribution in [-0.2, 0) is 17.9 Å². The Morgan fingerprint density at radius 3 is 2.74 bits per heavy atom. The Balaban J connectivity index is 1.73. The van der Waals surface area contributed by atoms with E-state index in [-0.39, 0.29) is 0 Å². The molecule has 27 heavy (non-hydrogen) atoms. The molecule has 1 saturated carbocycles. The van der Waals surface area contributed by atoms with Gasteiger partial charge in [0.2, 0.25) is 0 Å². The fourth-order valence-corrected chi connectivity index (χ4v) is 3.98. The molecular weight excluding hydrogens is 381 g/mol. The molecule has 3 aromatic rings. The number of benzene rings is 2. The second-order valence-corrected chi connectivity index (χ2v) is 7.73. The summed E-state index contributed by atoms with van der Waals surface area (Å²) in [7, 11) is 0. The van der Waals surface area contributed by atoms with Gasteiger partial charge in [-0.15, -0.1) is 0 Å². The smallest absolute Gasteiger partial charge is 0.136 e. The molecule has 1 fully saturated rings. The van der Waals surface area contributed by atoms with E-state index < -0.39 is 0 Å². The third-order valence-electron chi connectivity index (χ3n) is 5.04. The first-order chi connectivity index (χ1) is 13.1. The van der Waals surface area contributed by atoms with Crippen molar-refractivity contribution in [2.75, 3.05) is 0 Å². The maximum atomic E-state index is 9.27. The summed E-state index contributed by atoms with van der Waals surface area (Å²) in [6.07, 6.45) is 4.98. The van der Waals surface area contributed by atoms with E-state index >= 15 is 0 Å². The zero-order valence-electron chi connectivity index (χ0n) is 14.8. The largest absolute Gasteiger partial charge is 0.370 e. The van der Waals surface area contributed by atoms with Gasteiger partial charge in [-0.2, -0.15) is 5.26 Å². The van der Waals surface area contributed by atoms with Crippen LogP contribution in [0.25, 0.3) is 11.0 Å². The van der Waals surface area contributed by atoms with Gasteiger partial charge < -0.3 is 9.30 Å². The number of hydrogen-bond acceptors (Lipinski definition) is 3. The van der Waals surface area contributed by atoms with Crippen molar-refractivity contribution in [2.24, 2.45) is 0 Å². The monoisotopic (exact) mass is 399 g/mol. The van der Waals surface area contributed by atoms with Crippen LogP contribution >= 0.6 is 23.2 Å². The lowest BCUT2D eigenvalue weighted by molar-refractivity contribution is 0.0405. The highest BCUT2D eigenvalue weighted by atomic mass is 35.5. The molecule has 1 aliphatic rings. The maximum absolute atomic E-state index is 9.27. The minimum absolute atomic E-state index is 0.308. The van der Waals surface area contributed by atoms with Crippen molar-refractivity contribution in [3.05, 3.63) is 63.4 Å². The second kappa shape index (κ2) is 7.90. The highest BCUT2D eigenvalue weighted by molar-refractivity contribution is 6.33. The molecule has 4 nitrogen and oxygen atoms in total. The molecule has 0 atom stereocenters. The van der Waals surface area contributed by atoms with Gasteiger partial charge >= 0.3 is 0 Å². The molecule has 1 heterocycles. The van der Waals surface area contributed by atoms with Gasteiger partial charge in [-0.3, -0.25) is 0 Å². The van der Waals surface area contributed by atoms with Crippen molar-refractivity contribution in [3.63, 3.8) is 0 Å². The number of imidazole rings is 1. The van der Waals surface area contributed by atoms with Gasteiger partial charge in [0, 0.05) is 10.0 Å². The molecule has 4 rings (SSSR count). The molecule has 1 aliphatic carbocycles. The van der Waals surface area contributed by atoms with Crippen molar-refractivity contribution >= 4 is 34.2 Å². The average Bonchev–Trinajstić information content (AvgIpc) is 3.30. The summed E-state index contributed by atoms with van der Waals surface area (Å²) in [6, 6.07) is 13.2. The SMILES string of the molecule is N#Cc1ccc2nc(COC3CCCC3)n(Cc3cc(Cl)ccc3Cl)c2c1. The quantitative estimate of drug-likeness (QED) is 0.550. The number of hydrogen-bond donors (Lipinski definition) is 0. The molecule has 138 valence electrons. The number of halogens is 2. The van der Waals surface area contributed by atoms with Crippen molar-refractivity contribution < 1.29 is 4.74 Å². The minimum atomic E-state index is 0.308. The zero-order chi connectivity index (χ0) is 18.8. The Hall–Kier alpha value is -2.06. The Morgan fingerprint density at radius 1 is 1.15 bits per heavy atom. The lowest BCUT2D eigenvalue weighted by Gasteiger charge is -2.14. The number of nitriles is 1. The van der Waals surface area contributed by atoms with E-state index in [9.17, 15) is 5.26 Å². The molecule has 0 saturated heterocycles. The van der Waals surface area contributed by atoms with Crippen LogP contribution in [0.5, 0.6) is 0 Å². The molecule has 0 aliphatic heterocycles. The first-order valence-electron chi connectivity index (χ1n) is 9.09. The second-order valence-electron chi connectivity index (χ2n) is 6.88. The lowest BCUT2D eigenvalue weighted by Crippen LogP contribution is -2.12. The van der Waals surface area contributed by atoms with Gasteiger partial charge in [0.25, 0.3) is 0 Å². The molecule has 6 heteroatoms. The molecule has 0 spiro atoms. The van der Waals surface area contributed by atoms with Crippen LogP contribution < -0.4 is 0 Å². The fourth-order valence-electron chi connectivity index (χ4n) is 3.61. The molecule has 1 aromatic heterocycles. The number of aromatic nitrogens is 2.